The SMILES string of the molecule is CC[C@@H](C(=O)N[C@H](C)c1ccc(C)cc1C)N(c1ccc(F)cc1)S(C)(=O)=O. The van der Waals surface area contributed by atoms with Crippen molar-refractivity contribution in [2.24, 2.45) is 0 Å². The lowest BCUT2D eigenvalue weighted by molar-refractivity contribution is -0.122. The molecule has 0 saturated heterocycles. The van der Waals surface area contributed by atoms with Crippen LogP contribution in [0.1, 0.15) is 43.0 Å². The fourth-order valence-corrected chi connectivity index (χ4v) is 4.56. The number of carbonyl (C=O) groups is 1. The first-order valence-corrected chi connectivity index (χ1v) is 11.0. The molecule has 5 nitrogen and oxygen atoms in total. The van der Waals surface area contributed by atoms with Crippen LogP contribution in [0.2, 0.25) is 0 Å². The van der Waals surface area contributed by atoms with Gasteiger partial charge in [0, 0.05) is 0 Å². The average molecular weight is 407 g/mol. The molecule has 2 rings (SSSR count). The van der Waals surface area contributed by atoms with Crippen LogP contribution in [0.4, 0.5) is 10.1 Å². The quantitative estimate of drug-likeness (QED) is 0.759. The monoisotopic (exact) mass is 406 g/mol. The average Bonchev–Trinajstić information content (AvgIpc) is 2.59. The largest absolute Gasteiger partial charge is 0.348 e. The van der Waals surface area contributed by atoms with E-state index in [0.717, 1.165) is 27.3 Å². The molecule has 0 aliphatic heterocycles. The van der Waals surface area contributed by atoms with Crippen LogP contribution in [0.3, 0.4) is 0 Å². The molecule has 0 saturated carbocycles. The first-order valence-electron chi connectivity index (χ1n) is 9.17. The maximum Gasteiger partial charge on any atom is 0.244 e. The summed E-state index contributed by atoms with van der Waals surface area (Å²) in [5.74, 6) is -0.872. The zero-order valence-electron chi connectivity index (χ0n) is 16.9. The van der Waals surface area contributed by atoms with Crippen LogP contribution in [0.25, 0.3) is 0 Å². The number of rotatable bonds is 7. The van der Waals surface area contributed by atoms with Gasteiger partial charge in [0.05, 0.1) is 18.0 Å². The Balaban J connectivity index is 2.32. The van der Waals surface area contributed by atoms with E-state index < -0.39 is 27.8 Å². The molecular weight excluding hydrogens is 379 g/mol. The van der Waals surface area contributed by atoms with Crippen molar-refractivity contribution < 1.29 is 17.6 Å². The Labute approximate surface area is 166 Å². The molecule has 152 valence electrons. The summed E-state index contributed by atoms with van der Waals surface area (Å²) < 4.78 is 39.2. The minimum Gasteiger partial charge on any atom is -0.348 e. The topological polar surface area (TPSA) is 66.5 Å². The molecule has 0 aromatic heterocycles. The Morgan fingerprint density at radius 1 is 1.14 bits per heavy atom. The zero-order valence-corrected chi connectivity index (χ0v) is 17.7. The zero-order chi connectivity index (χ0) is 21.1. The predicted octanol–water partition coefficient (Wildman–Crippen LogP) is 3.86. The molecule has 0 fully saturated rings. The summed E-state index contributed by atoms with van der Waals surface area (Å²) in [6.07, 6.45) is 1.32. The van der Waals surface area contributed by atoms with E-state index in [1.54, 1.807) is 6.92 Å². The number of aryl methyl sites for hydroxylation is 2. The molecule has 2 aromatic carbocycles. The molecule has 0 spiro atoms. The van der Waals surface area contributed by atoms with Crippen molar-refractivity contribution in [3.05, 3.63) is 65.0 Å². The molecule has 1 amide bonds. The lowest BCUT2D eigenvalue weighted by Crippen LogP contribution is -2.49. The smallest absolute Gasteiger partial charge is 0.244 e. The highest BCUT2D eigenvalue weighted by Gasteiger charge is 2.32. The standard InChI is InChI=1S/C21H27FN2O3S/c1-6-20(24(28(5,26)27)18-10-8-17(22)9-11-18)21(25)23-16(4)19-12-7-14(2)13-15(19)3/h7-13,16,20H,6H2,1-5H3,(H,23,25)/t16-,20+/m1/s1. The predicted molar refractivity (Wildman–Crippen MR) is 110 cm³/mol. The van der Waals surface area contributed by atoms with Crippen molar-refractivity contribution in [3.8, 4) is 0 Å². The van der Waals surface area contributed by atoms with Crippen molar-refractivity contribution in [2.45, 2.75) is 46.2 Å². The molecule has 2 atom stereocenters. The fraction of sp³-hybridized carbons (Fsp3) is 0.381. The van der Waals surface area contributed by atoms with Crippen molar-refractivity contribution >= 4 is 21.6 Å². The number of nitrogens with zero attached hydrogens (tertiary/aromatic N) is 1. The van der Waals surface area contributed by atoms with E-state index in [4.69, 9.17) is 0 Å². The van der Waals surface area contributed by atoms with Gasteiger partial charge in [-0.3, -0.25) is 9.10 Å². The third-order valence-corrected chi connectivity index (χ3v) is 5.84. The Kier molecular flexibility index (Phi) is 6.82. The van der Waals surface area contributed by atoms with Gasteiger partial charge >= 0.3 is 0 Å². The van der Waals surface area contributed by atoms with E-state index in [9.17, 15) is 17.6 Å². The van der Waals surface area contributed by atoms with Crippen molar-refractivity contribution in [3.63, 3.8) is 0 Å². The van der Waals surface area contributed by atoms with Crippen LogP contribution in [-0.2, 0) is 14.8 Å². The molecule has 0 heterocycles. The molecule has 0 aliphatic carbocycles. The van der Waals surface area contributed by atoms with Gasteiger partial charge in [0.1, 0.15) is 11.9 Å². The van der Waals surface area contributed by atoms with Gasteiger partial charge in [0.15, 0.2) is 0 Å². The summed E-state index contributed by atoms with van der Waals surface area (Å²) in [4.78, 5) is 13.0. The van der Waals surface area contributed by atoms with Crippen molar-refractivity contribution in [1.82, 2.24) is 5.32 Å². The second-order valence-electron chi connectivity index (χ2n) is 7.05. The van der Waals surface area contributed by atoms with Crippen molar-refractivity contribution in [1.29, 1.82) is 0 Å². The van der Waals surface area contributed by atoms with E-state index in [2.05, 4.69) is 5.32 Å². The highest BCUT2D eigenvalue weighted by molar-refractivity contribution is 7.92. The number of hydrogen-bond donors (Lipinski definition) is 1. The van der Waals surface area contributed by atoms with Gasteiger partial charge in [-0.1, -0.05) is 30.7 Å². The normalized spacial score (nSPS) is 13.6. The van der Waals surface area contributed by atoms with Crippen LogP contribution in [0, 0.1) is 19.7 Å². The fourth-order valence-electron chi connectivity index (χ4n) is 3.35. The van der Waals surface area contributed by atoms with Crippen LogP contribution in [0.5, 0.6) is 0 Å². The van der Waals surface area contributed by atoms with Crippen LogP contribution in [0.15, 0.2) is 42.5 Å². The van der Waals surface area contributed by atoms with Crippen LogP contribution >= 0.6 is 0 Å². The number of carbonyl (C=O) groups excluding carboxylic acids is 1. The number of sulfonamides is 1. The van der Waals surface area contributed by atoms with E-state index in [0.29, 0.717) is 0 Å². The minimum atomic E-state index is -3.75. The highest BCUT2D eigenvalue weighted by atomic mass is 32.2. The molecule has 1 N–H and O–H groups in total. The highest BCUT2D eigenvalue weighted by Crippen LogP contribution is 2.24. The van der Waals surface area contributed by atoms with E-state index >= 15 is 0 Å². The summed E-state index contributed by atoms with van der Waals surface area (Å²) in [5, 5.41) is 2.92. The summed E-state index contributed by atoms with van der Waals surface area (Å²) in [6.45, 7) is 7.59. The van der Waals surface area contributed by atoms with Crippen LogP contribution < -0.4 is 9.62 Å². The molecule has 28 heavy (non-hydrogen) atoms. The lowest BCUT2D eigenvalue weighted by Gasteiger charge is -2.31. The third-order valence-electron chi connectivity index (χ3n) is 4.66. The van der Waals surface area contributed by atoms with E-state index in [1.165, 1.54) is 24.3 Å². The van der Waals surface area contributed by atoms with Gasteiger partial charge in [-0.25, -0.2) is 12.8 Å². The second-order valence-corrected chi connectivity index (χ2v) is 8.91. The molecule has 7 heteroatoms. The van der Waals surface area contributed by atoms with E-state index in [-0.39, 0.29) is 18.2 Å². The first-order chi connectivity index (χ1) is 13.0. The number of anilines is 1. The maximum atomic E-state index is 13.3. The maximum absolute atomic E-state index is 13.3. The number of halogens is 1. The number of benzene rings is 2. The molecule has 2 aromatic rings. The van der Waals surface area contributed by atoms with Gasteiger partial charge in [-0.05, 0) is 62.6 Å². The molecular formula is C21H27FN2O3S. The summed E-state index contributed by atoms with van der Waals surface area (Å²) >= 11 is 0. The minimum absolute atomic E-state index is 0.255. The van der Waals surface area contributed by atoms with Gasteiger partial charge < -0.3 is 5.32 Å². The second kappa shape index (κ2) is 8.73. The Hall–Kier alpha value is -2.41. The lowest BCUT2D eigenvalue weighted by atomic mass is 10.00. The third kappa shape index (κ3) is 5.10. The summed E-state index contributed by atoms with van der Waals surface area (Å²) in [6, 6.07) is 9.84. The number of nitrogens with one attached hydrogen (secondary N) is 1. The summed E-state index contributed by atoms with van der Waals surface area (Å²) in [7, 11) is -3.75. The number of hydrogen-bond acceptors (Lipinski definition) is 3. The first kappa shape index (κ1) is 21.9. The Bertz CT molecular complexity index is 943. The molecule has 0 unspecified atom stereocenters. The molecule has 0 bridgehead atoms. The van der Waals surface area contributed by atoms with Crippen molar-refractivity contribution in [2.75, 3.05) is 10.6 Å². The van der Waals surface area contributed by atoms with Gasteiger partial charge in [0.25, 0.3) is 0 Å². The molecule has 0 aliphatic rings. The summed E-state index contributed by atoms with van der Waals surface area (Å²) in [5.41, 5.74) is 3.41. The van der Waals surface area contributed by atoms with Crippen LogP contribution in [-0.4, -0.2) is 26.6 Å². The van der Waals surface area contributed by atoms with Gasteiger partial charge in [-0.15, -0.1) is 0 Å². The van der Waals surface area contributed by atoms with Gasteiger partial charge in [0.2, 0.25) is 15.9 Å². The Morgan fingerprint density at radius 3 is 2.25 bits per heavy atom. The molecule has 0 radical (unpaired) electrons. The van der Waals surface area contributed by atoms with E-state index in [1.807, 2.05) is 39.0 Å². The Morgan fingerprint density at radius 2 is 1.75 bits per heavy atom. The number of amides is 1. The van der Waals surface area contributed by atoms with Gasteiger partial charge in [-0.2, -0.15) is 0 Å².